The second-order valence-corrected chi connectivity index (χ2v) is 7.56. The van der Waals surface area contributed by atoms with E-state index in [0.717, 1.165) is 22.5 Å². The molecular formula is C18H20F2N2O3S. The molecule has 8 heteroatoms. The standard InChI is InChI=1S/C18H20F2N2O3S/c1-4-22(5-2)26(24,25)17-10-13(7-9-15(17)19)18(23)21-14-8-6-12(3)16(20)11-14/h6-11H,4-5H2,1-3H3,(H,21,23). The number of amides is 1. The predicted octanol–water partition coefficient (Wildman–Crippen LogP) is 3.56. The Morgan fingerprint density at radius 3 is 2.27 bits per heavy atom. The largest absolute Gasteiger partial charge is 0.322 e. The maximum Gasteiger partial charge on any atom is 0.255 e. The van der Waals surface area contributed by atoms with Crippen LogP contribution in [0.5, 0.6) is 0 Å². The van der Waals surface area contributed by atoms with E-state index in [1.165, 1.54) is 18.2 Å². The first-order chi connectivity index (χ1) is 12.2. The minimum atomic E-state index is -4.05. The Kier molecular flexibility index (Phi) is 6.09. The van der Waals surface area contributed by atoms with Crippen molar-refractivity contribution in [3.63, 3.8) is 0 Å². The van der Waals surface area contributed by atoms with Gasteiger partial charge < -0.3 is 5.32 Å². The third kappa shape index (κ3) is 4.08. The maximum atomic E-state index is 14.1. The van der Waals surface area contributed by atoms with Crippen LogP contribution < -0.4 is 5.32 Å². The third-order valence-electron chi connectivity index (χ3n) is 3.95. The van der Waals surface area contributed by atoms with Crippen LogP contribution in [0.2, 0.25) is 0 Å². The van der Waals surface area contributed by atoms with Crippen molar-refractivity contribution in [2.24, 2.45) is 0 Å². The first-order valence-electron chi connectivity index (χ1n) is 8.07. The molecule has 0 aliphatic carbocycles. The molecular weight excluding hydrogens is 362 g/mol. The van der Waals surface area contributed by atoms with E-state index in [-0.39, 0.29) is 24.3 Å². The number of hydrogen-bond acceptors (Lipinski definition) is 3. The van der Waals surface area contributed by atoms with Crippen LogP contribution in [0, 0.1) is 18.6 Å². The zero-order valence-electron chi connectivity index (χ0n) is 14.7. The minimum Gasteiger partial charge on any atom is -0.322 e. The number of sulfonamides is 1. The van der Waals surface area contributed by atoms with Crippen LogP contribution >= 0.6 is 0 Å². The highest BCUT2D eigenvalue weighted by atomic mass is 32.2. The molecule has 0 aliphatic rings. The zero-order valence-corrected chi connectivity index (χ0v) is 15.5. The van der Waals surface area contributed by atoms with Crippen LogP contribution in [0.3, 0.4) is 0 Å². The lowest BCUT2D eigenvalue weighted by Gasteiger charge is -2.19. The van der Waals surface area contributed by atoms with Crippen molar-refractivity contribution in [1.29, 1.82) is 0 Å². The van der Waals surface area contributed by atoms with Gasteiger partial charge >= 0.3 is 0 Å². The molecule has 1 amide bonds. The summed E-state index contributed by atoms with van der Waals surface area (Å²) in [5.41, 5.74) is 0.603. The van der Waals surface area contributed by atoms with E-state index in [0.29, 0.717) is 5.56 Å². The van der Waals surface area contributed by atoms with Crippen LogP contribution in [0.25, 0.3) is 0 Å². The van der Waals surface area contributed by atoms with E-state index in [9.17, 15) is 22.0 Å². The van der Waals surface area contributed by atoms with Crippen molar-refractivity contribution in [3.05, 3.63) is 59.2 Å². The topological polar surface area (TPSA) is 66.5 Å². The van der Waals surface area contributed by atoms with Gasteiger partial charge in [-0.2, -0.15) is 4.31 Å². The lowest BCUT2D eigenvalue weighted by atomic mass is 10.2. The summed E-state index contributed by atoms with van der Waals surface area (Å²) in [5, 5.41) is 2.47. The fourth-order valence-corrected chi connectivity index (χ4v) is 3.97. The Balaban J connectivity index is 2.36. The number of benzene rings is 2. The van der Waals surface area contributed by atoms with Crippen molar-refractivity contribution in [2.45, 2.75) is 25.7 Å². The van der Waals surface area contributed by atoms with Gasteiger partial charge in [-0.3, -0.25) is 4.79 Å². The second-order valence-electron chi connectivity index (χ2n) is 5.65. The van der Waals surface area contributed by atoms with Gasteiger partial charge in [0.25, 0.3) is 5.91 Å². The molecule has 0 unspecified atom stereocenters. The number of nitrogens with zero attached hydrogens (tertiary/aromatic N) is 1. The molecule has 140 valence electrons. The molecule has 5 nitrogen and oxygen atoms in total. The molecule has 2 aromatic carbocycles. The van der Waals surface area contributed by atoms with Gasteiger partial charge in [-0.05, 0) is 42.8 Å². The highest BCUT2D eigenvalue weighted by Crippen LogP contribution is 2.22. The van der Waals surface area contributed by atoms with Gasteiger partial charge in [-0.25, -0.2) is 17.2 Å². The third-order valence-corrected chi connectivity index (χ3v) is 6.01. The summed E-state index contributed by atoms with van der Waals surface area (Å²) in [5.74, 6) is -2.08. The highest BCUT2D eigenvalue weighted by Gasteiger charge is 2.26. The molecule has 2 aromatic rings. The van der Waals surface area contributed by atoms with Gasteiger partial charge in [0, 0.05) is 24.3 Å². The van der Waals surface area contributed by atoms with Crippen molar-refractivity contribution in [3.8, 4) is 0 Å². The van der Waals surface area contributed by atoms with Gasteiger partial charge in [0.15, 0.2) is 0 Å². The number of carbonyl (C=O) groups excluding carboxylic acids is 1. The average molecular weight is 382 g/mol. The van der Waals surface area contributed by atoms with Crippen LogP contribution in [0.1, 0.15) is 29.8 Å². The number of halogens is 2. The monoisotopic (exact) mass is 382 g/mol. The summed E-state index contributed by atoms with van der Waals surface area (Å²) in [6.07, 6.45) is 0. The second kappa shape index (κ2) is 7.92. The summed E-state index contributed by atoms with van der Waals surface area (Å²) in [6.45, 7) is 5.23. The molecule has 0 spiro atoms. The molecule has 0 radical (unpaired) electrons. The first kappa shape index (κ1) is 20.0. The number of hydrogen-bond donors (Lipinski definition) is 1. The van der Waals surface area contributed by atoms with Crippen LogP contribution in [-0.4, -0.2) is 31.7 Å². The SMILES string of the molecule is CCN(CC)S(=O)(=O)c1cc(C(=O)Nc2ccc(C)c(F)c2)ccc1F. The fraction of sp³-hybridized carbons (Fsp3) is 0.278. The number of aryl methyl sites for hydroxylation is 1. The van der Waals surface area contributed by atoms with Gasteiger partial charge in [-0.15, -0.1) is 0 Å². The Bertz CT molecular complexity index is 926. The van der Waals surface area contributed by atoms with Gasteiger partial charge in [-0.1, -0.05) is 19.9 Å². The van der Waals surface area contributed by atoms with E-state index in [1.807, 2.05) is 0 Å². The fourth-order valence-electron chi connectivity index (χ4n) is 2.42. The predicted molar refractivity (Wildman–Crippen MR) is 95.6 cm³/mol. The Labute approximate surface area is 151 Å². The first-order valence-corrected chi connectivity index (χ1v) is 9.51. The lowest BCUT2D eigenvalue weighted by molar-refractivity contribution is 0.102. The van der Waals surface area contributed by atoms with Gasteiger partial charge in [0.1, 0.15) is 16.5 Å². The molecule has 0 bridgehead atoms. The number of rotatable bonds is 6. The van der Waals surface area contributed by atoms with E-state index in [2.05, 4.69) is 5.32 Å². The van der Waals surface area contributed by atoms with E-state index in [4.69, 9.17) is 0 Å². The molecule has 1 N–H and O–H groups in total. The summed E-state index contributed by atoms with van der Waals surface area (Å²) >= 11 is 0. The molecule has 0 saturated heterocycles. The van der Waals surface area contributed by atoms with Gasteiger partial charge in [0.05, 0.1) is 0 Å². The van der Waals surface area contributed by atoms with Crippen molar-refractivity contribution < 1.29 is 22.0 Å². The molecule has 0 heterocycles. The van der Waals surface area contributed by atoms with Crippen molar-refractivity contribution in [1.82, 2.24) is 4.31 Å². The molecule has 26 heavy (non-hydrogen) atoms. The summed E-state index contributed by atoms with van der Waals surface area (Å²) in [6, 6.07) is 7.28. The molecule has 0 aromatic heterocycles. The Hall–Kier alpha value is -2.32. The Morgan fingerprint density at radius 1 is 1.04 bits per heavy atom. The normalized spacial score (nSPS) is 11.6. The van der Waals surface area contributed by atoms with Gasteiger partial charge in [0.2, 0.25) is 10.0 Å². The number of nitrogens with one attached hydrogen (secondary N) is 1. The molecule has 0 saturated carbocycles. The highest BCUT2D eigenvalue weighted by molar-refractivity contribution is 7.89. The summed E-state index contributed by atoms with van der Waals surface area (Å²) < 4.78 is 53.9. The molecule has 0 atom stereocenters. The summed E-state index contributed by atoms with van der Waals surface area (Å²) in [7, 11) is -4.05. The number of carbonyl (C=O) groups is 1. The molecule has 2 rings (SSSR count). The molecule has 0 fully saturated rings. The van der Waals surface area contributed by atoms with Crippen LogP contribution in [0.4, 0.5) is 14.5 Å². The maximum absolute atomic E-state index is 14.1. The summed E-state index contributed by atoms with van der Waals surface area (Å²) in [4.78, 5) is 11.8. The van der Waals surface area contributed by atoms with E-state index < -0.39 is 32.5 Å². The van der Waals surface area contributed by atoms with Crippen LogP contribution in [0.15, 0.2) is 41.3 Å². The lowest BCUT2D eigenvalue weighted by Crippen LogP contribution is -2.31. The van der Waals surface area contributed by atoms with Crippen molar-refractivity contribution >= 4 is 21.6 Å². The Morgan fingerprint density at radius 2 is 1.69 bits per heavy atom. The quantitative estimate of drug-likeness (QED) is 0.831. The van der Waals surface area contributed by atoms with Crippen LogP contribution in [-0.2, 0) is 10.0 Å². The van der Waals surface area contributed by atoms with E-state index in [1.54, 1.807) is 20.8 Å². The number of anilines is 1. The zero-order chi connectivity index (χ0) is 19.5. The average Bonchev–Trinajstić information content (AvgIpc) is 2.59. The van der Waals surface area contributed by atoms with E-state index >= 15 is 0 Å². The smallest absolute Gasteiger partial charge is 0.255 e. The minimum absolute atomic E-state index is 0.0434. The van der Waals surface area contributed by atoms with Crippen molar-refractivity contribution in [2.75, 3.05) is 18.4 Å². The molecule has 0 aliphatic heterocycles.